The number of primary sulfonamides is 1. The maximum atomic E-state index is 13.9. The number of hydrogen-bond donors (Lipinski definition) is 2. The Balaban J connectivity index is 2.09. The van der Waals surface area contributed by atoms with Crippen LogP contribution in [0.2, 0.25) is 0 Å². The number of nitrogens with two attached hydrogens (primary N) is 1. The topological polar surface area (TPSA) is 116 Å². The summed E-state index contributed by atoms with van der Waals surface area (Å²) in [6.07, 6.45) is -1.25. The molecular weight excluding hydrogens is 399 g/mol. The normalized spacial score (nSPS) is 12.9. The molecule has 1 atom stereocenters. The number of carbonyl (C=O) groups is 2. The van der Waals surface area contributed by atoms with Gasteiger partial charge in [0.05, 0.1) is 10.5 Å². The molecule has 1 amide bonds. The molecule has 0 saturated carbocycles. The molecule has 0 heterocycles. The molecule has 0 fully saturated rings. The molecular formula is C20H23FN2O5S. The highest BCUT2D eigenvalue weighted by Crippen LogP contribution is 2.23. The predicted octanol–water partition coefficient (Wildman–Crippen LogP) is 2.95. The van der Waals surface area contributed by atoms with Crippen LogP contribution in [0.25, 0.3) is 0 Å². The molecule has 0 aliphatic carbocycles. The Kier molecular flexibility index (Phi) is 6.44. The van der Waals surface area contributed by atoms with Crippen molar-refractivity contribution >= 4 is 27.6 Å². The van der Waals surface area contributed by atoms with Gasteiger partial charge in [-0.3, -0.25) is 4.79 Å². The van der Waals surface area contributed by atoms with Crippen molar-refractivity contribution in [2.24, 2.45) is 5.14 Å². The number of rotatable bonds is 5. The van der Waals surface area contributed by atoms with E-state index in [2.05, 4.69) is 26.1 Å². The molecule has 156 valence electrons. The minimum absolute atomic E-state index is 0.0407. The summed E-state index contributed by atoms with van der Waals surface area (Å²) in [5, 5.41) is 7.58. The zero-order valence-electron chi connectivity index (χ0n) is 16.5. The molecule has 1 unspecified atom stereocenters. The first-order chi connectivity index (χ1) is 13.3. The number of carbonyl (C=O) groups excluding carboxylic acids is 2. The summed E-state index contributed by atoms with van der Waals surface area (Å²) in [4.78, 5) is 24.0. The lowest BCUT2D eigenvalue weighted by Gasteiger charge is -2.19. The van der Waals surface area contributed by atoms with E-state index in [4.69, 9.17) is 9.88 Å². The Hall–Kier alpha value is -2.78. The van der Waals surface area contributed by atoms with E-state index in [0.717, 1.165) is 23.8 Å². The van der Waals surface area contributed by atoms with Crippen LogP contribution >= 0.6 is 0 Å². The van der Waals surface area contributed by atoms with Gasteiger partial charge in [0.15, 0.2) is 6.10 Å². The van der Waals surface area contributed by atoms with E-state index in [9.17, 15) is 22.4 Å². The summed E-state index contributed by atoms with van der Waals surface area (Å²) in [5.74, 6) is -2.80. The van der Waals surface area contributed by atoms with Gasteiger partial charge in [-0.05, 0) is 48.2 Å². The lowest BCUT2D eigenvalue weighted by molar-refractivity contribution is -0.123. The van der Waals surface area contributed by atoms with Gasteiger partial charge in [-0.1, -0.05) is 32.9 Å². The number of benzene rings is 2. The van der Waals surface area contributed by atoms with Gasteiger partial charge in [-0.25, -0.2) is 22.7 Å². The molecule has 3 N–H and O–H groups in total. The average molecular weight is 422 g/mol. The SMILES string of the molecule is CC(OC(=O)c1cc(S(N)(=O)=O)ccc1F)C(=O)Nc1ccc(C(C)(C)C)cc1. The van der Waals surface area contributed by atoms with Crippen LogP contribution < -0.4 is 10.5 Å². The highest BCUT2D eigenvalue weighted by molar-refractivity contribution is 7.89. The van der Waals surface area contributed by atoms with Crippen LogP contribution in [0, 0.1) is 5.82 Å². The van der Waals surface area contributed by atoms with E-state index in [1.54, 1.807) is 12.1 Å². The fourth-order valence-electron chi connectivity index (χ4n) is 2.41. The van der Waals surface area contributed by atoms with Crippen LogP contribution in [-0.2, 0) is 25.0 Å². The Morgan fingerprint density at radius 3 is 2.21 bits per heavy atom. The molecule has 0 aliphatic rings. The van der Waals surface area contributed by atoms with E-state index in [0.29, 0.717) is 5.69 Å². The fourth-order valence-corrected chi connectivity index (χ4v) is 2.95. The number of ether oxygens (including phenoxy) is 1. The summed E-state index contributed by atoms with van der Waals surface area (Å²) >= 11 is 0. The largest absolute Gasteiger partial charge is 0.449 e. The van der Waals surface area contributed by atoms with Crippen LogP contribution in [0.15, 0.2) is 47.4 Å². The summed E-state index contributed by atoms with van der Waals surface area (Å²) in [7, 11) is -4.13. The van der Waals surface area contributed by atoms with Gasteiger partial charge >= 0.3 is 5.97 Å². The van der Waals surface area contributed by atoms with Crippen LogP contribution in [0.4, 0.5) is 10.1 Å². The lowest BCUT2D eigenvalue weighted by atomic mass is 9.87. The number of amides is 1. The van der Waals surface area contributed by atoms with Gasteiger partial charge in [0, 0.05) is 5.69 Å². The quantitative estimate of drug-likeness (QED) is 0.719. The van der Waals surface area contributed by atoms with Crippen molar-refractivity contribution in [3.8, 4) is 0 Å². The monoisotopic (exact) mass is 422 g/mol. The summed E-state index contributed by atoms with van der Waals surface area (Å²) < 4.78 is 41.6. The maximum Gasteiger partial charge on any atom is 0.341 e. The van der Waals surface area contributed by atoms with E-state index in [1.807, 2.05) is 12.1 Å². The molecule has 0 radical (unpaired) electrons. The highest BCUT2D eigenvalue weighted by Gasteiger charge is 2.23. The highest BCUT2D eigenvalue weighted by atomic mass is 32.2. The van der Waals surface area contributed by atoms with Gasteiger partial charge in [0.1, 0.15) is 5.82 Å². The molecule has 9 heteroatoms. The molecule has 0 aromatic heterocycles. The maximum absolute atomic E-state index is 13.9. The second-order valence-electron chi connectivity index (χ2n) is 7.55. The van der Waals surface area contributed by atoms with E-state index in [1.165, 1.54) is 6.92 Å². The molecule has 2 aromatic rings. The Morgan fingerprint density at radius 1 is 1.10 bits per heavy atom. The number of halogens is 1. The molecule has 0 aliphatic heterocycles. The minimum Gasteiger partial charge on any atom is -0.449 e. The lowest BCUT2D eigenvalue weighted by Crippen LogP contribution is -2.30. The number of anilines is 1. The molecule has 29 heavy (non-hydrogen) atoms. The van der Waals surface area contributed by atoms with Crippen molar-refractivity contribution in [3.05, 3.63) is 59.4 Å². The average Bonchev–Trinajstić information content (AvgIpc) is 2.60. The predicted molar refractivity (Wildman–Crippen MR) is 106 cm³/mol. The van der Waals surface area contributed by atoms with E-state index < -0.39 is 44.3 Å². The van der Waals surface area contributed by atoms with Crippen molar-refractivity contribution in [1.29, 1.82) is 0 Å². The first kappa shape index (κ1) is 22.5. The second-order valence-corrected chi connectivity index (χ2v) is 9.11. The van der Waals surface area contributed by atoms with Crippen LogP contribution in [-0.4, -0.2) is 26.4 Å². The van der Waals surface area contributed by atoms with E-state index in [-0.39, 0.29) is 5.41 Å². The first-order valence-corrected chi connectivity index (χ1v) is 10.3. The minimum atomic E-state index is -4.13. The van der Waals surface area contributed by atoms with Crippen LogP contribution in [0.1, 0.15) is 43.6 Å². The van der Waals surface area contributed by atoms with Gasteiger partial charge in [0.2, 0.25) is 10.0 Å². The van der Waals surface area contributed by atoms with Crippen molar-refractivity contribution in [2.45, 2.75) is 44.1 Å². The molecule has 7 nitrogen and oxygen atoms in total. The molecule has 0 saturated heterocycles. The zero-order chi connectivity index (χ0) is 22.0. The Morgan fingerprint density at radius 2 is 1.69 bits per heavy atom. The first-order valence-electron chi connectivity index (χ1n) is 8.74. The Bertz CT molecular complexity index is 1030. The fraction of sp³-hybridized carbons (Fsp3) is 0.300. The van der Waals surface area contributed by atoms with Gasteiger partial charge in [-0.2, -0.15) is 0 Å². The smallest absolute Gasteiger partial charge is 0.341 e. The summed E-state index contributed by atoms with van der Waals surface area (Å²) in [5.41, 5.74) is 0.917. The zero-order valence-corrected chi connectivity index (χ0v) is 17.3. The number of esters is 1. The number of hydrogen-bond acceptors (Lipinski definition) is 5. The van der Waals surface area contributed by atoms with Gasteiger partial charge < -0.3 is 10.1 Å². The molecule has 0 bridgehead atoms. The molecule has 0 spiro atoms. The second kappa shape index (κ2) is 8.30. The summed E-state index contributed by atoms with van der Waals surface area (Å²) in [6.45, 7) is 7.50. The third kappa shape index (κ3) is 5.85. The van der Waals surface area contributed by atoms with Crippen LogP contribution in [0.5, 0.6) is 0 Å². The van der Waals surface area contributed by atoms with Crippen molar-refractivity contribution in [3.63, 3.8) is 0 Å². The van der Waals surface area contributed by atoms with Crippen molar-refractivity contribution < 1.29 is 27.1 Å². The van der Waals surface area contributed by atoms with E-state index >= 15 is 0 Å². The Labute approximate surface area is 169 Å². The molecule has 2 rings (SSSR count). The summed E-state index contributed by atoms with van der Waals surface area (Å²) in [6, 6.07) is 9.69. The van der Waals surface area contributed by atoms with Crippen molar-refractivity contribution in [1.82, 2.24) is 0 Å². The third-order valence-corrected chi connectivity index (χ3v) is 5.07. The number of nitrogens with one attached hydrogen (secondary N) is 1. The van der Waals surface area contributed by atoms with Gasteiger partial charge in [0.25, 0.3) is 5.91 Å². The molecule has 2 aromatic carbocycles. The van der Waals surface area contributed by atoms with Gasteiger partial charge in [-0.15, -0.1) is 0 Å². The standard InChI is InChI=1S/C20H23FN2O5S/c1-12(18(24)23-14-7-5-13(6-8-14)20(2,3)4)28-19(25)16-11-15(29(22,26)27)9-10-17(16)21/h5-12H,1-4H3,(H,23,24)(H2,22,26,27). The third-order valence-electron chi connectivity index (χ3n) is 4.16. The van der Waals surface area contributed by atoms with Crippen LogP contribution in [0.3, 0.4) is 0 Å². The van der Waals surface area contributed by atoms with Crippen molar-refractivity contribution in [2.75, 3.05) is 5.32 Å². The number of sulfonamides is 1.